The molecule has 0 aromatic heterocycles. The molecule has 0 heterocycles. The standard InChI is InChI=1S/C22H28O4/c1-20(2,24)15-12-16(21(3,4)25)18(17(13-15)22(5,6)26)19(23)14-10-8-7-9-11-14/h7-13,24-26H,1-6H3. The van der Waals surface area contributed by atoms with Gasteiger partial charge in [0.2, 0.25) is 0 Å². The van der Waals surface area contributed by atoms with Crippen molar-refractivity contribution in [3.05, 3.63) is 70.3 Å². The fourth-order valence-electron chi connectivity index (χ4n) is 2.94. The van der Waals surface area contributed by atoms with E-state index in [1.165, 1.54) is 0 Å². The summed E-state index contributed by atoms with van der Waals surface area (Å²) in [5.74, 6) is -0.276. The van der Waals surface area contributed by atoms with Crippen LogP contribution < -0.4 is 0 Å². The average molecular weight is 356 g/mol. The van der Waals surface area contributed by atoms with E-state index < -0.39 is 16.8 Å². The fourth-order valence-corrected chi connectivity index (χ4v) is 2.94. The topological polar surface area (TPSA) is 77.8 Å². The maximum Gasteiger partial charge on any atom is 0.193 e. The van der Waals surface area contributed by atoms with Gasteiger partial charge in [-0.25, -0.2) is 0 Å². The molecule has 26 heavy (non-hydrogen) atoms. The van der Waals surface area contributed by atoms with Gasteiger partial charge < -0.3 is 15.3 Å². The van der Waals surface area contributed by atoms with Gasteiger partial charge in [0, 0.05) is 11.1 Å². The molecule has 0 unspecified atom stereocenters. The number of rotatable bonds is 5. The summed E-state index contributed by atoms with van der Waals surface area (Å²) in [6.45, 7) is 9.62. The number of hydrogen-bond acceptors (Lipinski definition) is 4. The smallest absolute Gasteiger partial charge is 0.193 e. The molecule has 0 saturated heterocycles. The Morgan fingerprint density at radius 2 is 1.15 bits per heavy atom. The van der Waals surface area contributed by atoms with E-state index in [0.717, 1.165) is 0 Å². The van der Waals surface area contributed by atoms with Crippen LogP contribution in [0.3, 0.4) is 0 Å². The van der Waals surface area contributed by atoms with E-state index in [9.17, 15) is 20.1 Å². The lowest BCUT2D eigenvalue weighted by atomic mass is 9.78. The van der Waals surface area contributed by atoms with E-state index in [4.69, 9.17) is 0 Å². The summed E-state index contributed by atoms with van der Waals surface area (Å²) in [6.07, 6.45) is 0. The van der Waals surface area contributed by atoms with Crippen molar-refractivity contribution in [1.29, 1.82) is 0 Å². The van der Waals surface area contributed by atoms with E-state index in [2.05, 4.69) is 0 Å². The van der Waals surface area contributed by atoms with Crippen LogP contribution in [-0.2, 0) is 16.8 Å². The second-order valence-electron chi connectivity index (χ2n) is 8.32. The third-order valence-corrected chi connectivity index (χ3v) is 4.43. The first-order valence-electron chi connectivity index (χ1n) is 8.69. The van der Waals surface area contributed by atoms with Crippen molar-refractivity contribution in [3.8, 4) is 0 Å². The van der Waals surface area contributed by atoms with E-state index in [1.54, 1.807) is 77.9 Å². The summed E-state index contributed by atoms with van der Waals surface area (Å²) >= 11 is 0. The van der Waals surface area contributed by atoms with Crippen molar-refractivity contribution in [2.75, 3.05) is 0 Å². The number of aliphatic hydroxyl groups is 3. The summed E-state index contributed by atoms with van der Waals surface area (Å²) in [4.78, 5) is 13.3. The van der Waals surface area contributed by atoms with Gasteiger partial charge in [-0.2, -0.15) is 0 Å². The molecule has 0 aliphatic rings. The quantitative estimate of drug-likeness (QED) is 0.715. The van der Waals surface area contributed by atoms with Gasteiger partial charge in [0.25, 0.3) is 0 Å². The Hall–Kier alpha value is -2.01. The maximum absolute atomic E-state index is 13.3. The van der Waals surface area contributed by atoms with Crippen LogP contribution in [0.25, 0.3) is 0 Å². The monoisotopic (exact) mass is 356 g/mol. The summed E-state index contributed by atoms with van der Waals surface area (Å²) in [6, 6.07) is 12.1. The van der Waals surface area contributed by atoms with Crippen molar-refractivity contribution in [2.24, 2.45) is 0 Å². The van der Waals surface area contributed by atoms with Gasteiger partial charge in [0.1, 0.15) is 0 Å². The van der Waals surface area contributed by atoms with Crippen molar-refractivity contribution in [2.45, 2.75) is 58.3 Å². The van der Waals surface area contributed by atoms with Gasteiger partial charge in [-0.3, -0.25) is 4.79 Å². The van der Waals surface area contributed by atoms with E-state index in [0.29, 0.717) is 22.3 Å². The molecule has 0 atom stereocenters. The normalized spacial score (nSPS) is 13.0. The Morgan fingerprint density at radius 3 is 1.50 bits per heavy atom. The van der Waals surface area contributed by atoms with Gasteiger partial charge in [0.05, 0.1) is 16.8 Å². The first-order valence-corrected chi connectivity index (χ1v) is 8.69. The SMILES string of the molecule is CC(C)(O)c1cc(C(C)(C)O)c(C(=O)c2ccccc2)c(C(C)(C)O)c1. The van der Waals surface area contributed by atoms with Gasteiger partial charge in [-0.15, -0.1) is 0 Å². The molecule has 0 amide bonds. The Balaban J connectivity index is 2.90. The first kappa shape index (κ1) is 20.3. The zero-order valence-corrected chi connectivity index (χ0v) is 16.3. The highest BCUT2D eigenvalue weighted by molar-refractivity contribution is 6.11. The van der Waals surface area contributed by atoms with Crippen molar-refractivity contribution >= 4 is 5.78 Å². The van der Waals surface area contributed by atoms with Crippen LogP contribution in [0.2, 0.25) is 0 Å². The van der Waals surface area contributed by atoms with Crippen LogP contribution in [0.1, 0.15) is 74.2 Å². The summed E-state index contributed by atoms with van der Waals surface area (Å²) in [5.41, 5.74) is -1.83. The zero-order chi connectivity index (χ0) is 19.9. The largest absolute Gasteiger partial charge is 0.386 e. The minimum atomic E-state index is -1.33. The first-order chi connectivity index (χ1) is 11.7. The number of hydrogen-bond donors (Lipinski definition) is 3. The lowest BCUT2D eigenvalue weighted by Gasteiger charge is -2.31. The van der Waals surface area contributed by atoms with Crippen LogP contribution in [0.15, 0.2) is 42.5 Å². The molecule has 0 radical (unpaired) electrons. The van der Waals surface area contributed by atoms with Crippen molar-refractivity contribution < 1.29 is 20.1 Å². The van der Waals surface area contributed by atoms with Crippen molar-refractivity contribution in [3.63, 3.8) is 0 Å². The molecule has 2 rings (SSSR count). The Labute approximate surface area is 155 Å². The third kappa shape index (κ3) is 4.21. The number of carbonyl (C=O) groups is 1. The van der Waals surface area contributed by atoms with Crippen LogP contribution in [0.5, 0.6) is 0 Å². The Morgan fingerprint density at radius 1 is 0.731 bits per heavy atom. The summed E-state index contributed by atoms with van der Waals surface area (Å²) in [5, 5.41) is 31.9. The van der Waals surface area contributed by atoms with Gasteiger partial charge in [-0.1, -0.05) is 30.3 Å². The summed E-state index contributed by atoms with van der Waals surface area (Å²) in [7, 11) is 0. The second kappa shape index (κ2) is 6.62. The van der Waals surface area contributed by atoms with Gasteiger partial charge in [-0.05, 0) is 70.4 Å². The molecule has 140 valence electrons. The molecular formula is C22H28O4. The molecule has 0 aliphatic heterocycles. The number of benzene rings is 2. The number of carbonyl (C=O) groups excluding carboxylic acids is 1. The molecule has 3 N–H and O–H groups in total. The third-order valence-electron chi connectivity index (χ3n) is 4.43. The van der Waals surface area contributed by atoms with Crippen LogP contribution >= 0.6 is 0 Å². The molecule has 0 fully saturated rings. The minimum Gasteiger partial charge on any atom is -0.386 e. The molecule has 0 spiro atoms. The van der Waals surface area contributed by atoms with Gasteiger partial charge in [0.15, 0.2) is 5.78 Å². The average Bonchev–Trinajstić information content (AvgIpc) is 2.51. The minimum absolute atomic E-state index is 0.268. The van der Waals surface area contributed by atoms with E-state index >= 15 is 0 Å². The molecule has 2 aromatic rings. The van der Waals surface area contributed by atoms with Crippen molar-refractivity contribution in [1.82, 2.24) is 0 Å². The molecule has 0 bridgehead atoms. The van der Waals surface area contributed by atoms with Crippen LogP contribution in [0.4, 0.5) is 0 Å². The molecule has 4 nitrogen and oxygen atoms in total. The zero-order valence-electron chi connectivity index (χ0n) is 16.3. The lowest BCUT2D eigenvalue weighted by molar-refractivity contribution is 0.0622. The summed E-state index contributed by atoms with van der Waals surface area (Å²) < 4.78 is 0. The molecule has 4 heteroatoms. The van der Waals surface area contributed by atoms with E-state index in [-0.39, 0.29) is 11.3 Å². The van der Waals surface area contributed by atoms with E-state index in [1.807, 2.05) is 6.07 Å². The molecule has 0 aliphatic carbocycles. The molecular weight excluding hydrogens is 328 g/mol. The molecule has 0 saturated carbocycles. The lowest BCUT2D eigenvalue weighted by Crippen LogP contribution is -2.29. The predicted molar refractivity (Wildman–Crippen MR) is 102 cm³/mol. The number of ketones is 1. The highest BCUT2D eigenvalue weighted by Crippen LogP contribution is 2.37. The highest BCUT2D eigenvalue weighted by atomic mass is 16.3. The fraction of sp³-hybridized carbons (Fsp3) is 0.409. The van der Waals surface area contributed by atoms with Crippen LogP contribution in [0, 0.1) is 0 Å². The highest BCUT2D eigenvalue weighted by Gasteiger charge is 2.34. The Bertz CT molecular complexity index is 766. The van der Waals surface area contributed by atoms with Gasteiger partial charge >= 0.3 is 0 Å². The second-order valence-corrected chi connectivity index (χ2v) is 8.32. The Kier molecular flexibility index (Phi) is 5.17. The molecule has 2 aromatic carbocycles. The maximum atomic E-state index is 13.3. The van der Waals surface area contributed by atoms with Crippen LogP contribution in [-0.4, -0.2) is 21.1 Å². The predicted octanol–water partition coefficient (Wildman–Crippen LogP) is 3.60.